The highest BCUT2D eigenvalue weighted by Crippen LogP contribution is 2.19. The molecule has 0 aliphatic carbocycles. The first-order valence-electron chi connectivity index (χ1n) is 5.72. The van der Waals surface area contributed by atoms with Crippen LogP contribution >= 0.6 is 23.1 Å². The van der Waals surface area contributed by atoms with E-state index in [-0.39, 0.29) is 23.9 Å². The SMILES string of the molecule is COC(=O)N1CC(N(Cc2cnsc2)C(=O)CCl)C1. The lowest BCUT2D eigenvalue weighted by molar-refractivity contribution is -0.134. The van der Waals surface area contributed by atoms with Crippen LogP contribution in [0.15, 0.2) is 11.6 Å². The maximum Gasteiger partial charge on any atom is 0.409 e. The van der Waals surface area contributed by atoms with Crippen molar-refractivity contribution in [3.63, 3.8) is 0 Å². The van der Waals surface area contributed by atoms with E-state index in [0.717, 1.165) is 5.56 Å². The van der Waals surface area contributed by atoms with Crippen molar-refractivity contribution in [2.45, 2.75) is 12.6 Å². The zero-order valence-electron chi connectivity index (χ0n) is 10.4. The number of ether oxygens (including phenoxy) is 1. The molecule has 6 nitrogen and oxygen atoms in total. The largest absolute Gasteiger partial charge is 0.453 e. The molecule has 1 fully saturated rings. The number of alkyl halides is 1. The Balaban J connectivity index is 1.96. The molecule has 2 heterocycles. The smallest absolute Gasteiger partial charge is 0.409 e. The summed E-state index contributed by atoms with van der Waals surface area (Å²) in [6, 6.07) is -0.00903. The van der Waals surface area contributed by atoms with Gasteiger partial charge in [-0.3, -0.25) is 4.79 Å². The molecule has 1 aromatic heterocycles. The van der Waals surface area contributed by atoms with E-state index in [2.05, 4.69) is 9.11 Å². The highest BCUT2D eigenvalue weighted by atomic mass is 35.5. The van der Waals surface area contributed by atoms with Gasteiger partial charge < -0.3 is 14.5 Å². The van der Waals surface area contributed by atoms with E-state index in [4.69, 9.17) is 11.6 Å². The highest BCUT2D eigenvalue weighted by molar-refractivity contribution is 7.03. The number of nitrogens with zero attached hydrogens (tertiary/aromatic N) is 3. The number of hydrogen-bond donors (Lipinski definition) is 0. The Bertz CT molecular complexity index is 448. The minimum absolute atomic E-state index is 0.00903. The number of hydrogen-bond acceptors (Lipinski definition) is 5. The van der Waals surface area contributed by atoms with Crippen molar-refractivity contribution in [2.75, 3.05) is 26.1 Å². The van der Waals surface area contributed by atoms with Gasteiger partial charge >= 0.3 is 6.09 Å². The molecule has 0 saturated carbocycles. The van der Waals surface area contributed by atoms with E-state index in [0.29, 0.717) is 19.6 Å². The fraction of sp³-hybridized carbons (Fsp3) is 0.545. The van der Waals surface area contributed by atoms with Gasteiger partial charge in [0.1, 0.15) is 5.88 Å². The summed E-state index contributed by atoms with van der Waals surface area (Å²) in [5.41, 5.74) is 0.972. The van der Waals surface area contributed by atoms with Gasteiger partial charge in [0.15, 0.2) is 0 Å². The Kier molecular flexibility index (Phi) is 4.60. The first-order valence-corrected chi connectivity index (χ1v) is 7.09. The molecule has 2 rings (SSSR count). The average molecular weight is 304 g/mol. The lowest BCUT2D eigenvalue weighted by Crippen LogP contribution is -2.62. The van der Waals surface area contributed by atoms with E-state index in [1.54, 1.807) is 16.0 Å². The van der Waals surface area contributed by atoms with Crippen LogP contribution in [0, 0.1) is 0 Å². The van der Waals surface area contributed by atoms with Crippen molar-refractivity contribution >= 4 is 35.1 Å². The number of carbonyl (C=O) groups is 2. The molecule has 2 amide bonds. The van der Waals surface area contributed by atoms with Gasteiger partial charge in [0.2, 0.25) is 5.91 Å². The van der Waals surface area contributed by atoms with Gasteiger partial charge in [-0.2, -0.15) is 0 Å². The zero-order chi connectivity index (χ0) is 13.8. The minimum atomic E-state index is -0.369. The quantitative estimate of drug-likeness (QED) is 0.783. The molecule has 0 unspecified atom stereocenters. The van der Waals surface area contributed by atoms with Crippen LogP contribution < -0.4 is 0 Å². The second-order valence-electron chi connectivity index (χ2n) is 4.22. The van der Waals surface area contributed by atoms with Crippen LogP contribution in [0.1, 0.15) is 5.56 Å². The van der Waals surface area contributed by atoms with Crippen LogP contribution in [0.3, 0.4) is 0 Å². The Morgan fingerprint density at radius 3 is 2.89 bits per heavy atom. The van der Waals surface area contributed by atoms with E-state index in [1.165, 1.54) is 18.6 Å². The van der Waals surface area contributed by atoms with E-state index >= 15 is 0 Å². The van der Waals surface area contributed by atoms with Gasteiger partial charge in [0, 0.05) is 36.8 Å². The normalized spacial score (nSPS) is 14.9. The predicted octanol–water partition coefficient (Wildman–Crippen LogP) is 1.16. The molecule has 0 bridgehead atoms. The van der Waals surface area contributed by atoms with Crippen molar-refractivity contribution < 1.29 is 14.3 Å². The summed E-state index contributed by atoms with van der Waals surface area (Å²) in [5, 5.41) is 1.89. The molecule has 1 aliphatic heterocycles. The first kappa shape index (κ1) is 14.1. The van der Waals surface area contributed by atoms with E-state index < -0.39 is 0 Å². The van der Waals surface area contributed by atoms with Crippen LogP contribution in [-0.2, 0) is 16.1 Å². The topological polar surface area (TPSA) is 62.7 Å². The highest BCUT2D eigenvalue weighted by Gasteiger charge is 2.37. The molecule has 8 heteroatoms. The fourth-order valence-corrected chi connectivity index (χ4v) is 2.61. The second-order valence-corrected chi connectivity index (χ2v) is 5.14. The number of likely N-dealkylation sites (tertiary alicyclic amines) is 1. The Labute approximate surface area is 120 Å². The fourth-order valence-electron chi connectivity index (χ4n) is 1.93. The summed E-state index contributed by atoms with van der Waals surface area (Å²) in [7, 11) is 1.34. The van der Waals surface area contributed by atoms with Crippen molar-refractivity contribution in [2.24, 2.45) is 0 Å². The second kappa shape index (κ2) is 6.21. The molecular weight excluding hydrogens is 290 g/mol. The molecule has 19 heavy (non-hydrogen) atoms. The van der Waals surface area contributed by atoms with Gasteiger partial charge in [-0.1, -0.05) is 0 Å². The van der Waals surface area contributed by atoms with Crippen LogP contribution in [0.2, 0.25) is 0 Å². The summed E-state index contributed by atoms with van der Waals surface area (Å²) in [6.45, 7) is 1.43. The molecule has 0 spiro atoms. The van der Waals surface area contributed by atoms with Crippen molar-refractivity contribution in [1.29, 1.82) is 0 Å². The molecule has 0 N–H and O–H groups in total. The molecule has 0 atom stereocenters. The molecule has 0 aromatic carbocycles. The minimum Gasteiger partial charge on any atom is -0.453 e. The monoisotopic (exact) mass is 303 g/mol. The Hall–Kier alpha value is -1.34. The van der Waals surface area contributed by atoms with Gasteiger partial charge in [-0.15, -0.1) is 11.6 Å². The Morgan fingerprint density at radius 1 is 1.63 bits per heavy atom. The summed E-state index contributed by atoms with van der Waals surface area (Å²) in [6.07, 6.45) is 1.36. The third-order valence-corrected chi connectivity index (χ3v) is 3.87. The third-order valence-electron chi connectivity index (χ3n) is 3.01. The molecular formula is C11H14ClN3O3S. The Morgan fingerprint density at radius 2 is 2.37 bits per heavy atom. The van der Waals surface area contributed by atoms with Crippen molar-refractivity contribution in [1.82, 2.24) is 14.2 Å². The lowest BCUT2D eigenvalue weighted by atomic mass is 10.1. The van der Waals surface area contributed by atoms with E-state index in [1.807, 2.05) is 5.38 Å². The summed E-state index contributed by atoms with van der Waals surface area (Å²) in [5.74, 6) is -0.200. The lowest BCUT2D eigenvalue weighted by Gasteiger charge is -2.44. The maximum absolute atomic E-state index is 11.9. The molecule has 104 valence electrons. The van der Waals surface area contributed by atoms with Gasteiger partial charge in [0.25, 0.3) is 0 Å². The zero-order valence-corrected chi connectivity index (χ0v) is 12.0. The van der Waals surface area contributed by atoms with Crippen molar-refractivity contribution in [3.05, 3.63) is 17.1 Å². The predicted molar refractivity (Wildman–Crippen MR) is 71.2 cm³/mol. The van der Waals surface area contributed by atoms with E-state index in [9.17, 15) is 9.59 Å². The number of methoxy groups -OCH3 is 1. The van der Waals surface area contributed by atoms with Crippen LogP contribution in [-0.4, -0.2) is 58.3 Å². The molecule has 1 saturated heterocycles. The van der Waals surface area contributed by atoms with Crippen LogP contribution in [0.4, 0.5) is 4.79 Å². The number of rotatable bonds is 4. The average Bonchev–Trinajstić information content (AvgIpc) is 2.87. The standard InChI is InChI=1S/C11H14ClN3O3S/c1-18-11(17)14-5-9(6-14)15(10(16)2-12)4-8-3-13-19-7-8/h3,7,9H,2,4-6H2,1H3. The third kappa shape index (κ3) is 3.16. The number of halogens is 1. The van der Waals surface area contributed by atoms with Gasteiger partial charge in [-0.25, -0.2) is 9.17 Å². The van der Waals surface area contributed by atoms with Crippen molar-refractivity contribution in [3.8, 4) is 0 Å². The number of carbonyl (C=O) groups excluding carboxylic acids is 2. The maximum atomic E-state index is 11.9. The molecule has 1 aromatic rings. The molecule has 0 radical (unpaired) electrons. The molecule has 1 aliphatic rings. The van der Waals surface area contributed by atoms with Gasteiger partial charge in [0.05, 0.1) is 13.2 Å². The number of aromatic nitrogens is 1. The van der Waals surface area contributed by atoms with Crippen LogP contribution in [0.25, 0.3) is 0 Å². The summed E-state index contributed by atoms with van der Waals surface area (Å²) >= 11 is 6.97. The first-order chi connectivity index (χ1) is 9.15. The summed E-state index contributed by atoms with van der Waals surface area (Å²) < 4.78 is 8.63. The number of amides is 2. The van der Waals surface area contributed by atoms with Gasteiger partial charge in [-0.05, 0) is 11.5 Å². The van der Waals surface area contributed by atoms with Crippen LogP contribution in [0.5, 0.6) is 0 Å². The summed E-state index contributed by atoms with van der Waals surface area (Å²) in [4.78, 5) is 26.4.